The molecule has 1 atom stereocenters. The van der Waals surface area contributed by atoms with Gasteiger partial charge in [0.15, 0.2) is 0 Å². The second-order valence-corrected chi connectivity index (χ2v) is 8.33. The summed E-state index contributed by atoms with van der Waals surface area (Å²) < 4.78 is 0. The lowest BCUT2D eigenvalue weighted by Crippen LogP contribution is -2.13. The van der Waals surface area contributed by atoms with E-state index in [1.165, 1.54) is 58.4 Å². The van der Waals surface area contributed by atoms with Gasteiger partial charge in [-0.2, -0.15) is 0 Å². The van der Waals surface area contributed by atoms with E-state index in [1.54, 1.807) is 11.1 Å². The highest BCUT2D eigenvalue weighted by atomic mass is 32.1. The van der Waals surface area contributed by atoms with Crippen molar-refractivity contribution in [3.63, 3.8) is 0 Å². The molecule has 0 saturated carbocycles. The minimum Gasteiger partial charge on any atom is -0.285 e. The topological polar surface area (TPSA) is 12.4 Å². The van der Waals surface area contributed by atoms with E-state index in [4.69, 9.17) is 4.99 Å². The summed E-state index contributed by atoms with van der Waals surface area (Å²) in [5.74, 6) is 0. The summed E-state index contributed by atoms with van der Waals surface area (Å²) in [6, 6.07) is 4.82. The summed E-state index contributed by atoms with van der Waals surface area (Å²) in [4.78, 5) is 6.35. The minimum absolute atomic E-state index is 0. The third-order valence-corrected chi connectivity index (χ3v) is 6.97. The molecule has 2 aliphatic rings. The van der Waals surface area contributed by atoms with Crippen LogP contribution in [0.15, 0.2) is 35.2 Å². The van der Waals surface area contributed by atoms with E-state index in [0.717, 1.165) is 12.8 Å². The average Bonchev–Trinajstić information content (AvgIpc) is 3.29. The Balaban J connectivity index is 0.00000210. The molecule has 142 valence electrons. The Bertz CT molecular complexity index is 897. The number of aryl methyl sites for hydroxylation is 3. The zero-order valence-electron chi connectivity index (χ0n) is 15.8. The largest absolute Gasteiger partial charge is 0.285 e. The molecule has 0 fully saturated rings. The smallest absolute Gasteiger partial charge is 0.0803 e. The molecule has 1 aliphatic heterocycles. The van der Waals surface area contributed by atoms with Gasteiger partial charge in [-0.05, 0) is 95.9 Å². The zero-order valence-corrected chi connectivity index (χ0v) is 16.7. The van der Waals surface area contributed by atoms with Crippen LogP contribution < -0.4 is 0 Å². The van der Waals surface area contributed by atoms with Crippen LogP contribution in [-0.4, -0.2) is 12.3 Å². The van der Waals surface area contributed by atoms with Gasteiger partial charge in [-0.1, -0.05) is 39.1 Å². The fourth-order valence-electron chi connectivity index (χ4n) is 4.41. The van der Waals surface area contributed by atoms with Gasteiger partial charge in [0, 0.05) is 11.1 Å². The van der Waals surface area contributed by atoms with Crippen molar-refractivity contribution in [1.29, 1.82) is 0 Å². The molecule has 0 N–H and O–H groups in total. The average molecular weight is 378 g/mol. The first-order chi connectivity index (χ1) is 12.7. The lowest BCUT2D eigenvalue weighted by atomic mass is 9.87. The van der Waals surface area contributed by atoms with Crippen molar-refractivity contribution >= 4 is 29.2 Å². The molecule has 1 aliphatic carbocycles. The summed E-state index contributed by atoms with van der Waals surface area (Å²) in [6.45, 7) is 8.41. The summed E-state index contributed by atoms with van der Waals surface area (Å²) in [5, 5.41) is 2.39. The van der Waals surface area contributed by atoms with Crippen molar-refractivity contribution in [3.05, 3.63) is 68.4 Å². The van der Waals surface area contributed by atoms with Gasteiger partial charge in [0.2, 0.25) is 0 Å². The van der Waals surface area contributed by atoms with E-state index >= 15 is 0 Å². The van der Waals surface area contributed by atoms with E-state index < -0.39 is 0 Å². The maximum atomic E-state index is 4.85. The van der Waals surface area contributed by atoms with Gasteiger partial charge in [-0.25, -0.2) is 0 Å². The number of hydrogen-bond donors (Lipinski definition) is 0. The molecule has 2 heterocycles. The number of allylic oxidation sites excluding steroid dienone is 1. The lowest BCUT2D eigenvalue weighted by Gasteiger charge is -2.20. The van der Waals surface area contributed by atoms with Gasteiger partial charge in [0.25, 0.3) is 0 Å². The van der Waals surface area contributed by atoms with Crippen LogP contribution in [0.4, 0.5) is 0 Å². The van der Waals surface area contributed by atoms with Crippen molar-refractivity contribution in [1.82, 2.24) is 0 Å². The predicted molar refractivity (Wildman–Crippen MR) is 122 cm³/mol. The number of hydrogen-bond acceptors (Lipinski definition) is 2. The molecule has 1 aromatic carbocycles. The molecule has 1 aromatic heterocycles. The molecule has 27 heavy (non-hydrogen) atoms. The number of benzene rings is 1. The highest BCUT2D eigenvalue weighted by Gasteiger charge is 2.25. The summed E-state index contributed by atoms with van der Waals surface area (Å²) in [5.41, 5.74) is 10.1. The Labute approximate surface area is 168 Å². The maximum absolute atomic E-state index is 4.85. The molecule has 2 heteroatoms. The Hall–Kier alpha value is -1.93. The minimum atomic E-state index is 0. The molecule has 0 saturated heterocycles. The van der Waals surface area contributed by atoms with E-state index in [9.17, 15) is 0 Å². The third-order valence-electron chi connectivity index (χ3n) is 5.85. The van der Waals surface area contributed by atoms with Crippen LogP contribution in [0.5, 0.6) is 0 Å². The third kappa shape index (κ3) is 3.73. The molecule has 0 amide bonds. The van der Waals surface area contributed by atoms with Gasteiger partial charge in [-0.15, -0.1) is 11.3 Å². The second kappa shape index (κ2) is 8.39. The van der Waals surface area contributed by atoms with Crippen LogP contribution >= 0.6 is 11.3 Å². The number of nitrogens with zero attached hydrogens (tertiary/aromatic N) is 1. The van der Waals surface area contributed by atoms with Crippen LogP contribution in [0, 0.1) is 6.92 Å². The number of fused-ring (bicyclic) bond motifs is 1. The highest BCUT2D eigenvalue weighted by Crippen LogP contribution is 2.38. The SMILES string of the molecule is C.C=Cc1cc(C)c(CC2N=CC=C2c2scc3c2CCCC3)c(CC)c1. The molecule has 1 unspecified atom stereocenters. The Kier molecular flexibility index (Phi) is 6.16. The molecular formula is C25H31NS. The number of aliphatic imine (C=N–C) groups is 1. The van der Waals surface area contributed by atoms with Gasteiger partial charge in [0.1, 0.15) is 0 Å². The lowest BCUT2D eigenvalue weighted by molar-refractivity contribution is 0.688. The van der Waals surface area contributed by atoms with Gasteiger partial charge in [0.05, 0.1) is 6.04 Å². The summed E-state index contributed by atoms with van der Waals surface area (Å²) >= 11 is 1.94. The fraction of sp³-hybridized carbons (Fsp3) is 0.400. The van der Waals surface area contributed by atoms with E-state index in [1.807, 2.05) is 23.6 Å². The molecule has 2 aromatic rings. The quantitative estimate of drug-likeness (QED) is 0.540. The number of thiophene rings is 1. The fourth-order valence-corrected chi connectivity index (χ4v) is 5.64. The van der Waals surface area contributed by atoms with Crippen molar-refractivity contribution in [3.8, 4) is 0 Å². The van der Waals surface area contributed by atoms with Crippen molar-refractivity contribution in [2.75, 3.05) is 0 Å². The first-order valence-corrected chi connectivity index (χ1v) is 10.7. The molecule has 0 radical (unpaired) electrons. The molecule has 0 spiro atoms. The first-order valence-electron chi connectivity index (χ1n) is 9.79. The second-order valence-electron chi connectivity index (χ2n) is 7.45. The van der Waals surface area contributed by atoms with Crippen molar-refractivity contribution in [2.24, 2.45) is 4.99 Å². The maximum Gasteiger partial charge on any atom is 0.0803 e. The number of rotatable bonds is 5. The van der Waals surface area contributed by atoms with E-state index in [0.29, 0.717) is 0 Å². The van der Waals surface area contributed by atoms with E-state index in [-0.39, 0.29) is 13.5 Å². The highest BCUT2D eigenvalue weighted by molar-refractivity contribution is 7.11. The van der Waals surface area contributed by atoms with Crippen LogP contribution in [0.25, 0.3) is 11.6 Å². The molecule has 4 rings (SSSR count). The zero-order chi connectivity index (χ0) is 18.1. The van der Waals surface area contributed by atoms with Crippen molar-refractivity contribution in [2.45, 2.75) is 65.8 Å². The van der Waals surface area contributed by atoms with Gasteiger partial charge in [-0.3, -0.25) is 4.99 Å². The normalized spacial score (nSPS) is 18.0. The Morgan fingerprint density at radius 2 is 2.07 bits per heavy atom. The summed E-state index contributed by atoms with van der Waals surface area (Å²) in [7, 11) is 0. The Morgan fingerprint density at radius 3 is 2.85 bits per heavy atom. The van der Waals surface area contributed by atoms with Gasteiger partial charge < -0.3 is 0 Å². The Morgan fingerprint density at radius 1 is 1.26 bits per heavy atom. The van der Waals surface area contributed by atoms with Crippen molar-refractivity contribution < 1.29 is 0 Å². The van der Waals surface area contributed by atoms with Gasteiger partial charge >= 0.3 is 0 Å². The molecule has 1 nitrogen and oxygen atoms in total. The molecule has 0 bridgehead atoms. The summed E-state index contributed by atoms with van der Waals surface area (Å²) in [6.07, 6.45) is 13.5. The molecular weight excluding hydrogens is 346 g/mol. The first kappa shape index (κ1) is 19.8. The van der Waals surface area contributed by atoms with E-state index in [2.05, 4.69) is 44.0 Å². The monoisotopic (exact) mass is 377 g/mol. The van der Waals surface area contributed by atoms with Crippen LogP contribution in [-0.2, 0) is 25.7 Å². The van der Waals surface area contributed by atoms with Crippen LogP contribution in [0.1, 0.15) is 65.4 Å². The standard InChI is InChI=1S/C24H27NS.CH4/c1-4-17-12-16(3)22(18(5-2)13-17)14-23-21(10-11-25-23)24-20-9-7-6-8-19(20)15-26-24;/h4,10-13,15,23H,1,5-9,14H2,2-3H3;1H4. The predicted octanol–water partition coefficient (Wildman–Crippen LogP) is 6.86. The van der Waals surface area contributed by atoms with Crippen LogP contribution in [0.3, 0.4) is 0 Å². The van der Waals surface area contributed by atoms with Crippen LogP contribution in [0.2, 0.25) is 0 Å².